The Morgan fingerprint density at radius 2 is 1.21 bits per heavy atom. The highest BCUT2D eigenvalue weighted by Crippen LogP contribution is 2.53. The van der Waals surface area contributed by atoms with Gasteiger partial charge in [-0.05, 0) is 136 Å². The number of furan rings is 1. The van der Waals surface area contributed by atoms with Gasteiger partial charge in [-0.25, -0.2) is 0 Å². The first-order valence-electron chi connectivity index (χ1n) is 20.1. The summed E-state index contributed by atoms with van der Waals surface area (Å²) in [5.74, 6) is 2.48. The quantitative estimate of drug-likeness (QED) is 0.169. The Labute approximate surface area is 330 Å². The van der Waals surface area contributed by atoms with Gasteiger partial charge in [0.15, 0.2) is 0 Å². The van der Waals surface area contributed by atoms with Crippen LogP contribution < -0.4 is 4.90 Å². The van der Waals surface area contributed by atoms with Gasteiger partial charge in [0.05, 0.1) is 0 Å². The molecule has 3 unspecified atom stereocenters. The molecule has 3 atom stereocenters. The van der Waals surface area contributed by atoms with Crippen molar-refractivity contribution < 1.29 is 4.42 Å². The number of thiophene rings is 1. The zero-order valence-corrected chi connectivity index (χ0v) is 31.8. The molecule has 3 heteroatoms. The largest absolute Gasteiger partial charge is 0.456 e. The van der Waals surface area contributed by atoms with Gasteiger partial charge in [0, 0.05) is 54.1 Å². The van der Waals surface area contributed by atoms with Gasteiger partial charge in [0.1, 0.15) is 11.2 Å². The molecule has 0 aliphatic heterocycles. The van der Waals surface area contributed by atoms with Gasteiger partial charge < -0.3 is 9.32 Å². The molecule has 2 saturated carbocycles. The van der Waals surface area contributed by atoms with Crippen molar-refractivity contribution in [3.8, 4) is 22.3 Å². The highest BCUT2D eigenvalue weighted by atomic mass is 32.1. The van der Waals surface area contributed by atoms with E-state index < -0.39 is 0 Å². The van der Waals surface area contributed by atoms with E-state index in [2.05, 4.69) is 175 Å². The molecule has 10 aromatic rings. The maximum atomic E-state index is 6.65. The van der Waals surface area contributed by atoms with Crippen molar-refractivity contribution in [1.29, 1.82) is 0 Å². The van der Waals surface area contributed by atoms with E-state index in [-0.39, 0.29) is 0 Å². The molecule has 0 spiro atoms. The summed E-state index contributed by atoms with van der Waals surface area (Å²) < 4.78 is 9.26. The Balaban J connectivity index is 0.991. The lowest BCUT2D eigenvalue weighted by Gasteiger charge is -2.26. The smallest absolute Gasteiger partial charge is 0.137 e. The minimum atomic E-state index is 0.697. The van der Waals surface area contributed by atoms with E-state index in [4.69, 9.17) is 4.42 Å². The van der Waals surface area contributed by atoms with Gasteiger partial charge in [-0.2, -0.15) is 0 Å². The van der Waals surface area contributed by atoms with Crippen molar-refractivity contribution in [1.82, 2.24) is 0 Å². The van der Waals surface area contributed by atoms with Crippen LogP contribution in [0.15, 0.2) is 174 Å². The molecule has 0 saturated heterocycles. The molecule has 2 aromatic heterocycles. The molecule has 56 heavy (non-hydrogen) atoms. The van der Waals surface area contributed by atoms with Crippen molar-refractivity contribution in [3.05, 3.63) is 175 Å². The van der Waals surface area contributed by atoms with E-state index in [0.717, 1.165) is 40.1 Å². The molecule has 0 radical (unpaired) electrons. The van der Waals surface area contributed by atoms with Crippen LogP contribution in [0.25, 0.3) is 75.1 Å². The Hall–Kier alpha value is -6.16. The second-order valence-corrected chi connectivity index (χ2v) is 17.1. The Morgan fingerprint density at radius 1 is 0.482 bits per heavy atom. The van der Waals surface area contributed by atoms with Crippen LogP contribution in [0.4, 0.5) is 17.1 Å². The number of anilines is 3. The van der Waals surface area contributed by atoms with Crippen LogP contribution in [0.2, 0.25) is 0 Å². The first-order valence-corrected chi connectivity index (χ1v) is 20.9. The number of hydrogen-bond acceptors (Lipinski definition) is 3. The standard InChI is InChI=1S/C53H39NOS/c1-2-8-34(9-3-1)42-13-6-10-36-11-7-14-43(53(36)42)35-18-21-39(22-19-35)54(40-24-27-52-48(31-40)45-12-4-5-15-51(45)56-52)41-23-25-44-47-30-38(20-26-49(47)55-50(44)32-41)46-29-33-16-17-37(46)28-33/h1-15,18-27,30-33,37,46H,16-17,28-29H2. The lowest BCUT2D eigenvalue weighted by atomic mass is 9.83. The molecule has 2 heterocycles. The van der Waals surface area contributed by atoms with E-state index >= 15 is 0 Å². The van der Waals surface area contributed by atoms with Crippen LogP contribution in [0.1, 0.15) is 37.2 Å². The van der Waals surface area contributed by atoms with Crippen LogP contribution in [-0.2, 0) is 0 Å². The molecule has 12 rings (SSSR count). The lowest BCUT2D eigenvalue weighted by Crippen LogP contribution is -2.09. The monoisotopic (exact) mass is 737 g/mol. The summed E-state index contributed by atoms with van der Waals surface area (Å²) in [7, 11) is 0. The summed E-state index contributed by atoms with van der Waals surface area (Å²) in [6, 6.07) is 62.6. The second-order valence-electron chi connectivity index (χ2n) is 16.1. The Morgan fingerprint density at radius 3 is 2.02 bits per heavy atom. The van der Waals surface area contributed by atoms with Crippen LogP contribution in [0, 0.1) is 11.8 Å². The molecule has 0 N–H and O–H groups in total. The Bertz CT molecular complexity index is 3110. The third-order valence-corrected chi connectivity index (χ3v) is 14.1. The second kappa shape index (κ2) is 12.7. The average molecular weight is 738 g/mol. The van der Waals surface area contributed by atoms with Crippen molar-refractivity contribution >= 4 is 81.3 Å². The molecule has 2 aliphatic carbocycles. The number of fused-ring (bicyclic) bond motifs is 9. The van der Waals surface area contributed by atoms with E-state index in [9.17, 15) is 0 Å². The van der Waals surface area contributed by atoms with Gasteiger partial charge in [0.2, 0.25) is 0 Å². The summed E-state index contributed by atoms with van der Waals surface area (Å²) >= 11 is 1.86. The average Bonchev–Trinajstić information content (AvgIpc) is 4.06. The normalized spacial score (nSPS) is 17.9. The number of nitrogens with zero attached hydrogens (tertiary/aromatic N) is 1. The fourth-order valence-electron chi connectivity index (χ4n) is 10.3. The third kappa shape index (κ3) is 5.14. The molecule has 2 nitrogen and oxygen atoms in total. The maximum absolute atomic E-state index is 6.65. The molecule has 0 amide bonds. The molecule has 8 aromatic carbocycles. The summed E-state index contributed by atoms with van der Waals surface area (Å²) in [6.07, 6.45) is 5.58. The van der Waals surface area contributed by atoms with E-state index in [1.807, 2.05) is 11.3 Å². The van der Waals surface area contributed by atoms with E-state index in [1.165, 1.54) is 95.2 Å². The van der Waals surface area contributed by atoms with E-state index in [1.54, 1.807) is 0 Å². The van der Waals surface area contributed by atoms with Crippen LogP contribution >= 0.6 is 11.3 Å². The lowest BCUT2D eigenvalue weighted by molar-refractivity contribution is 0.420. The molecule has 2 bridgehead atoms. The number of hydrogen-bond donors (Lipinski definition) is 0. The first kappa shape index (κ1) is 32.1. The molecule has 268 valence electrons. The molecule has 2 aliphatic rings. The minimum absolute atomic E-state index is 0.697. The molecule has 2 fully saturated rings. The van der Waals surface area contributed by atoms with Gasteiger partial charge in [-0.3, -0.25) is 0 Å². The van der Waals surface area contributed by atoms with Crippen LogP contribution in [0.5, 0.6) is 0 Å². The maximum Gasteiger partial charge on any atom is 0.137 e. The van der Waals surface area contributed by atoms with Gasteiger partial charge in [-0.15, -0.1) is 11.3 Å². The highest BCUT2D eigenvalue weighted by Gasteiger charge is 2.40. The van der Waals surface area contributed by atoms with E-state index in [0.29, 0.717) is 5.92 Å². The van der Waals surface area contributed by atoms with Crippen molar-refractivity contribution in [3.63, 3.8) is 0 Å². The first-order chi connectivity index (χ1) is 27.7. The number of benzene rings is 8. The summed E-state index contributed by atoms with van der Waals surface area (Å²) in [5.41, 5.74) is 11.6. The van der Waals surface area contributed by atoms with Gasteiger partial charge in [-0.1, -0.05) is 110 Å². The van der Waals surface area contributed by atoms with Gasteiger partial charge >= 0.3 is 0 Å². The third-order valence-electron chi connectivity index (χ3n) is 12.9. The Kier molecular flexibility index (Phi) is 7.28. The van der Waals surface area contributed by atoms with Crippen LogP contribution in [0.3, 0.4) is 0 Å². The fraction of sp³-hybridized carbons (Fsp3) is 0.132. The van der Waals surface area contributed by atoms with Crippen molar-refractivity contribution in [2.45, 2.75) is 31.6 Å². The molecular formula is C53H39NOS. The fourth-order valence-corrected chi connectivity index (χ4v) is 11.4. The van der Waals surface area contributed by atoms with Gasteiger partial charge in [0.25, 0.3) is 0 Å². The topological polar surface area (TPSA) is 16.4 Å². The van der Waals surface area contributed by atoms with Crippen molar-refractivity contribution in [2.75, 3.05) is 4.90 Å². The van der Waals surface area contributed by atoms with Crippen LogP contribution in [-0.4, -0.2) is 0 Å². The number of rotatable bonds is 6. The van der Waals surface area contributed by atoms with Crippen molar-refractivity contribution in [2.24, 2.45) is 11.8 Å². The predicted octanol–water partition coefficient (Wildman–Crippen LogP) is 15.8. The summed E-state index contributed by atoms with van der Waals surface area (Å²) in [6.45, 7) is 0. The predicted molar refractivity (Wildman–Crippen MR) is 238 cm³/mol. The minimum Gasteiger partial charge on any atom is -0.456 e. The summed E-state index contributed by atoms with van der Waals surface area (Å²) in [4.78, 5) is 2.39. The summed E-state index contributed by atoms with van der Waals surface area (Å²) in [5, 5.41) is 7.53. The zero-order chi connectivity index (χ0) is 36.7. The SMILES string of the molecule is c1ccc(-c2cccc3cccc(-c4ccc(N(c5ccc6c(c5)oc5ccc(C7CC8CCC7C8)cc56)c5ccc6sc7ccccc7c6c5)cc4)c23)cc1. The molecular weight excluding hydrogens is 699 g/mol. The zero-order valence-electron chi connectivity index (χ0n) is 31.0. The highest BCUT2D eigenvalue weighted by molar-refractivity contribution is 7.25.